The van der Waals surface area contributed by atoms with E-state index in [-0.39, 0.29) is 0 Å². The summed E-state index contributed by atoms with van der Waals surface area (Å²) in [5, 5.41) is 9.05. The number of hydrogen-bond donors (Lipinski definition) is 0. The Hall–Kier alpha value is -6.66. The summed E-state index contributed by atoms with van der Waals surface area (Å²) in [7, 11) is 0. The highest BCUT2D eigenvalue weighted by molar-refractivity contribution is 7.27. The molecule has 0 aliphatic heterocycles. The number of aromatic nitrogens is 1. The van der Waals surface area contributed by atoms with Crippen LogP contribution < -0.4 is 9.80 Å². The Morgan fingerprint density at radius 2 is 0.964 bits per heavy atom. The minimum Gasteiger partial charge on any atom is -0.310 e. The van der Waals surface area contributed by atoms with Gasteiger partial charge in [0.2, 0.25) is 0 Å². The van der Waals surface area contributed by atoms with E-state index in [9.17, 15) is 0 Å². The van der Waals surface area contributed by atoms with Crippen molar-refractivity contribution in [3.8, 4) is 0 Å². The highest BCUT2D eigenvalue weighted by Crippen LogP contribution is 2.53. The fourth-order valence-electron chi connectivity index (χ4n) is 8.72. The Kier molecular flexibility index (Phi) is 6.67. The quantitative estimate of drug-likeness (QED) is 0.168. The minimum absolute atomic E-state index is 1.14. The number of para-hydroxylation sites is 4. The molecule has 8 aromatic carbocycles. The predicted octanol–water partition coefficient (Wildman–Crippen LogP) is 15.4. The lowest BCUT2D eigenvalue weighted by atomic mass is 10.0. The van der Waals surface area contributed by atoms with Gasteiger partial charge in [-0.15, -0.1) is 22.7 Å². The van der Waals surface area contributed by atoms with Gasteiger partial charge in [0.15, 0.2) is 0 Å². The molecule has 12 rings (SSSR count). The van der Waals surface area contributed by atoms with Crippen LogP contribution in [-0.4, -0.2) is 4.40 Å². The topological polar surface area (TPSA) is 10.9 Å². The average molecular weight is 738 g/mol. The molecular formula is C50H31N3S2. The first-order chi connectivity index (χ1) is 27.3. The van der Waals surface area contributed by atoms with Crippen LogP contribution in [0.4, 0.5) is 34.1 Å². The van der Waals surface area contributed by atoms with Crippen LogP contribution in [-0.2, 0) is 0 Å². The van der Waals surface area contributed by atoms with Gasteiger partial charge in [0, 0.05) is 64.8 Å². The third kappa shape index (κ3) is 4.54. The first-order valence-electron chi connectivity index (χ1n) is 18.6. The largest absolute Gasteiger partial charge is 0.310 e. The number of rotatable bonds is 6. The van der Waals surface area contributed by atoms with Gasteiger partial charge in [-0.3, -0.25) is 4.40 Å². The second-order valence-corrected chi connectivity index (χ2v) is 16.2. The molecule has 12 aromatic rings. The second-order valence-electron chi connectivity index (χ2n) is 14.1. The first-order valence-corrected chi connectivity index (χ1v) is 20.2. The van der Waals surface area contributed by atoms with E-state index in [1.54, 1.807) is 0 Å². The number of benzene rings is 8. The molecule has 0 atom stereocenters. The Morgan fingerprint density at radius 1 is 0.364 bits per heavy atom. The Bertz CT molecular complexity index is 3290. The van der Waals surface area contributed by atoms with Crippen LogP contribution in [0.2, 0.25) is 0 Å². The Balaban J connectivity index is 1.15. The van der Waals surface area contributed by atoms with E-state index in [1.165, 1.54) is 73.4 Å². The zero-order valence-electron chi connectivity index (χ0n) is 29.6. The lowest BCUT2D eigenvalue weighted by molar-refractivity contribution is 1.29. The molecule has 5 heteroatoms. The fraction of sp³-hybridized carbons (Fsp3) is 0. The molecule has 0 aliphatic rings. The number of fused-ring (bicyclic) bond motifs is 11. The van der Waals surface area contributed by atoms with Crippen molar-refractivity contribution in [3.63, 3.8) is 0 Å². The monoisotopic (exact) mass is 737 g/mol. The number of thiophene rings is 2. The molecule has 0 fully saturated rings. The summed E-state index contributed by atoms with van der Waals surface area (Å²) in [6, 6.07) is 68.3. The highest BCUT2D eigenvalue weighted by Gasteiger charge is 2.28. The lowest BCUT2D eigenvalue weighted by Gasteiger charge is -2.26. The van der Waals surface area contributed by atoms with E-state index < -0.39 is 0 Å². The van der Waals surface area contributed by atoms with Crippen LogP contribution in [0.3, 0.4) is 0 Å². The van der Waals surface area contributed by atoms with Gasteiger partial charge in [-0.25, -0.2) is 0 Å². The zero-order valence-corrected chi connectivity index (χ0v) is 31.2. The molecule has 0 unspecified atom stereocenters. The van der Waals surface area contributed by atoms with Crippen LogP contribution in [0, 0.1) is 0 Å². The Morgan fingerprint density at radius 3 is 1.62 bits per heavy atom. The molecule has 0 spiro atoms. The van der Waals surface area contributed by atoms with Crippen molar-refractivity contribution in [3.05, 3.63) is 188 Å². The predicted molar refractivity (Wildman–Crippen MR) is 239 cm³/mol. The van der Waals surface area contributed by atoms with Gasteiger partial charge in [0.25, 0.3) is 0 Å². The van der Waals surface area contributed by atoms with Crippen molar-refractivity contribution in [1.82, 2.24) is 4.40 Å². The van der Waals surface area contributed by atoms with E-state index in [1.807, 2.05) is 22.7 Å². The van der Waals surface area contributed by atoms with Crippen molar-refractivity contribution in [2.75, 3.05) is 9.80 Å². The van der Waals surface area contributed by atoms with E-state index in [0.29, 0.717) is 0 Å². The maximum Gasteiger partial charge on any atom is 0.109 e. The summed E-state index contributed by atoms with van der Waals surface area (Å²) in [5.41, 5.74) is 9.52. The van der Waals surface area contributed by atoms with Gasteiger partial charge in [-0.1, -0.05) is 103 Å². The molecule has 55 heavy (non-hydrogen) atoms. The molecule has 0 saturated heterocycles. The van der Waals surface area contributed by atoms with Gasteiger partial charge < -0.3 is 9.80 Å². The molecule has 0 saturated carbocycles. The van der Waals surface area contributed by atoms with Gasteiger partial charge >= 0.3 is 0 Å². The van der Waals surface area contributed by atoms with Crippen molar-refractivity contribution in [2.24, 2.45) is 0 Å². The third-order valence-corrected chi connectivity index (χ3v) is 13.4. The number of hydrogen-bond acceptors (Lipinski definition) is 4. The lowest BCUT2D eigenvalue weighted by Crippen LogP contribution is -2.10. The molecule has 0 bridgehead atoms. The van der Waals surface area contributed by atoms with Crippen molar-refractivity contribution in [1.29, 1.82) is 0 Å². The van der Waals surface area contributed by atoms with E-state index >= 15 is 0 Å². The standard InChI is InChI=1S/C50H31N3S2/c1-5-15-34(16-6-1)51(35-17-7-2-8-18-35)38-26-25-32-31-44-41(30-33(32)29-38)45-40-27-28-42(52(36-19-9-3-10-20-36)37-21-11-4-12-22-37)46-47(40)53(50(45)55-44)48-39-23-13-14-24-43(39)54-49(46)48/h1-31H. The van der Waals surface area contributed by atoms with Crippen molar-refractivity contribution in [2.45, 2.75) is 0 Å². The summed E-state index contributed by atoms with van der Waals surface area (Å²) in [6.07, 6.45) is 0. The van der Waals surface area contributed by atoms with E-state index in [0.717, 1.165) is 28.4 Å². The highest BCUT2D eigenvalue weighted by atomic mass is 32.1. The third-order valence-electron chi connectivity index (χ3n) is 11.0. The maximum atomic E-state index is 2.60. The van der Waals surface area contributed by atoms with Crippen LogP contribution in [0.5, 0.6) is 0 Å². The minimum atomic E-state index is 1.14. The summed E-state index contributed by atoms with van der Waals surface area (Å²) in [5.74, 6) is 0. The van der Waals surface area contributed by atoms with Gasteiger partial charge in [0.1, 0.15) is 4.83 Å². The van der Waals surface area contributed by atoms with E-state index in [2.05, 4.69) is 202 Å². The molecule has 0 amide bonds. The van der Waals surface area contributed by atoms with Crippen LogP contribution in [0.15, 0.2) is 188 Å². The summed E-state index contributed by atoms with van der Waals surface area (Å²) in [6.45, 7) is 0. The summed E-state index contributed by atoms with van der Waals surface area (Å²) in [4.78, 5) is 6.08. The second kappa shape index (κ2) is 11.9. The SMILES string of the molecule is c1ccc(N(c2ccccc2)c2ccc3cc4sc5c(c4cc3c2)c2ccc(N(c3ccccc3)c3ccccc3)c3c4sc6ccccc6c4n5c23)cc1. The molecule has 0 aliphatic carbocycles. The van der Waals surface area contributed by atoms with Crippen LogP contribution in [0.1, 0.15) is 0 Å². The van der Waals surface area contributed by atoms with Crippen molar-refractivity contribution >= 4 is 124 Å². The summed E-state index contributed by atoms with van der Waals surface area (Å²) < 4.78 is 6.56. The molecular weight excluding hydrogens is 707 g/mol. The van der Waals surface area contributed by atoms with Crippen LogP contribution >= 0.6 is 22.7 Å². The van der Waals surface area contributed by atoms with Gasteiger partial charge in [-0.2, -0.15) is 0 Å². The normalized spacial score (nSPS) is 12.0. The average Bonchev–Trinajstić information content (AvgIpc) is 3.98. The zero-order chi connectivity index (χ0) is 36.0. The molecule has 4 heterocycles. The first kappa shape index (κ1) is 30.8. The summed E-state index contributed by atoms with van der Waals surface area (Å²) >= 11 is 3.83. The molecule has 0 radical (unpaired) electrons. The molecule has 0 N–H and O–H groups in total. The molecule has 4 aromatic heterocycles. The van der Waals surface area contributed by atoms with Gasteiger partial charge in [-0.05, 0) is 95.7 Å². The Labute approximate surface area is 325 Å². The fourth-order valence-corrected chi connectivity index (χ4v) is 11.2. The molecule has 258 valence electrons. The van der Waals surface area contributed by atoms with Crippen LogP contribution in [0.25, 0.3) is 67.7 Å². The number of anilines is 6. The number of nitrogens with zero attached hydrogens (tertiary/aromatic N) is 3. The smallest absolute Gasteiger partial charge is 0.109 e. The van der Waals surface area contributed by atoms with Crippen molar-refractivity contribution < 1.29 is 0 Å². The molecule has 3 nitrogen and oxygen atoms in total. The van der Waals surface area contributed by atoms with Gasteiger partial charge in [0.05, 0.1) is 21.4 Å². The maximum absolute atomic E-state index is 2.60. The van der Waals surface area contributed by atoms with E-state index in [4.69, 9.17) is 0 Å².